The monoisotopic (exact) mass is 386 g/mol. The maximum atomic E-state index is 12.9. The second-order valence-electron chi connectivity index (χ2n) is 6.79. The van der Waals surface area contributed by atoms with E-state index in [9.17, 15) is 19.5 Å². The van der Waals surface area contributed by atoms with Crippen LogP contribution in [0.25, 0.3) is 10.9 Å². The van der Waals surface area contributed by atoms with Crippen molar-refractivity contribution in [2.75, 3.05) is 14.2 Å². The summed E-state index contributed by atoms with van der Waals surface area (Å²) in [6.45, 7) is 1.88. The first-order chi connectivity index (χ1) is 13.4. The molecule has 2 heterocycles. The molecule has 8 heteroatoms. The van der Waals surface area contributed by atoms with Crippen molar-refractivity contribution in [3.63, 3.8) is 0 Å². The molecule has 0 aliphatic carbocycles. The van der Waals surface area contributed by atoms with E-state index < -0.39 is 17.4 Å². The highest BCUT2D eigenvalue weighted by Gasteiger charge is 2.45. The van der Waals surface area contributed by atoms with Gasteiger partial charge in [-0.1, -0.05) is 30.3 Å². The highest BCUT2D eigenvalue weighted by Crippen LogP contribution is 2.45. The van der Waals surface area contributed by atoms with Crippen molar-refractivity contribution in [1.82, 2.24) is 4.57 Å². The molecule has 0 fully saturated rings. The number of oxime groups is 1. The van der Waals surface area contributed by atoms with Gasteiger partial charge < -0.3 is 14.7 Å². The lowest BCUT2D eigenvalue weighted by molar-refractivity contribution is -0.138. The Morgan fingerprint density at radius 2 is 2.00 bits per heavy atom. The van der Waals surface area contributed by atoms with E-state index in [2.05, 4.69) is 5.16 Å². The van der Waals surface area contributed by atoms with Gasteiger partial charge in [-0.25, -0.2) is 4.79 Å². The van der Waals surface area contributed by atoms with Gasteiger partial charge >= 0.3 is 11.9 Å². The van der Waals surface area contributed by atoms with Crippen LogP contribution >= 0.6 is 0 Å². The van der Waals surface area contributed by atoms with E-state index in [0.29, 0.717) is 35.0 Å². The number of carbonyl (C=O) groups excluding carboxylic acids is 2. The Kier molecular flexibility index (Phi) is 5.22. The molecule has 0 unspecified atom stereocenters. The molecular weight excluding hydrogens is 364 g/mol. The highest BCUT2D eigenvalue weighted by molar-refractivity contribution is 6.46. The summed E-state index contributed by atoms with van der Waals surface area (Å²) < 4.78 is 6.41. The van der Waals surface area contributed by atoms with E-state index in [-0.39, 0.29) is 24.5 Å². The van der Waals surface area contributed by atoms with Crippen molar-refractivity contribution < 1.29 is 29.1 Å². The summed E-state index contributed by atoms with van der Waals surface area (Å²) in [6.07, 6.45) is 0.916. The molecule has 1 aromatic heterocycles. The lowest BCUT2D eigenvalue weighted by Crippen LogP contribution is -2.40. The Hall–Kier alpha value is -3.16. The van der Waals surface area contributed by atoms with Crippen LogP contribution in [-0.2, 0) is 24.6 Å². The molecule has 28 heavy (non-hydrogen) atoms. The normalized spacial score (nSPS) is 19.4. The second-order valence-corrected chi connectivity index (χ2v) is 6.79. The van der Waals surface area contributed by atoms with Crippen LogP contribution in [0.4, 0.5) is 0 Å². The Balaban J connectivity index is 2.48. The number of ether oxygens (including phenoxy) is 1. The Labute approximate surface area is 161 Å². The summed E-state index contributed by atoms with van der Waals surface area (Å²) in [4.78, 5) is 41.9. The van der Waals surface area contributed by atoms with Crippen LogP contribution in [0.1, 0.15) is 48.7 Å². The number of benzene rings is 1. The van der Waals surface area contributed by atoms with Gasteiger partial charge in [0.25, 0.3) is 0 Å². The summed E-state index contributed by atoms with van der Waals surface area (Å²) in [5.74, 6) is -1.84. The topological polar surface area (TPSA) is 107 Å². The van der Waals surface area contributed by atoms with E-state index in [1.807, 2.05) is 6.92 Å². The lowest BCUT2D eigenvalue weighted by atomic mass is 9.71. The van der Waals surface area contributed by atoms with Gasteiger partial charge in [0.1, 0.15) is 7.11 Å². The van der Waals surface area contributed by atoms with Gasteiger partial charge in [-0.2, -0.15) is 0 Å². The zero-order chi connectivity index (χ0) is 20.5. The van der Waals surface area contributed by atoms with E-state index in [1.165, 1.54) is 18.8 Å². The van der Waals surface area contributed by atoms with Gasteiger partial charge in [0.2, 0.25) is 5.91 Å². The van der Waals surface area contributed by atoms with Crippen LogP contribution in [0.3, 0.4) is 0 Å². The SMILES string of the molecule is CC[C@]1(CC(=O)O)CCC(=O)n2c1c(/C(=N/OC)C(=O)OC)c1ccccc12. The lowest BCUT2D eigenvalue weighted by Gasteiger charge is -2.37. The fourth-order valence-electron chi connectivity index (χ4n) is 4.12. The van der Waals surface area contributed by atoms with Crippen LogP contribution in [0.15, 0.2) is 29.4 Å². The molecule has 1 N–H and O–H groups in total. The minimum absolute atomic E-state index is 0.0899. The van der Waals surface area contributed by atoms with Crippen LogP contribution < -0.4 is 0 Å². The number of fused-ring (bicyclic) bond motifs is 3. The number of para-hydroxylation sites is 1. The van der Waals surface area contributed by atoms with Crippen molar-refractivity contribution in [2.45, 2.75) is 38.0 Å². The van der Waals surface area contributed by atoms with E-state index in [4.69, 9.17) is 9.57 Å². The van der Waals surface area contributed by atoms with Gasteiger partial charge in [-0.05, 0) is 18.9 Å². The maximum absolute atomic E-state index is 12.9. The number of carboxylic acids is 1. The maximum Gasteiger partial charge on any atom is 0.360 e. The molecule has 0 saturated heterocycles. The van der Waals surface area contributed by atoms with Gasteiger partial charge in [-0.15, -0.1) is 0 Å². The number of hydrogen-bond acceptors (Lipinski definition) is 6. The number of carboxylic acid groups (broad SMARTS) is 1. The van der Waals surface area contributed by atoms with Gasteiger partial charge in [-0.3, -0.25) is 14.2 Å². The molecule has 1 atom stereocenters. The first-order valence-corrected chi connectivity index (χ1v) is 8.99. The summed E-state index contributed by atoms with van der Waals surface area (Å²) in [5.41, 5.74) is 0.564. The first kappa shape index (κ1) is 19.6. The third-order valence-corrected chi connectivity index (χ3v) is 5.41. The van der Waals surface area contributed by atoms with Gasteiger partial charge in [0, 0.05) is 28.5 Å². The third-order valence-electron chi connectivity index (χ3n) is 5.41. The number of nitrogens with zero attached hydrogens (tertiary/aromatic N) is 2. The number of methoxy groups -OCH3 is 1. The smallest absolute Gasteiger partial charge is 0.360 e. The predicted molar refractivity (Wildman–Crippen MR) is 102 cm³/mol. The standard InChI is InChI=1S/C20H22N2O6/c1-4-20(11-15(24)25)10-9-14(23)22-13-8-6-5-7-12(13)16(18(20)22)17(21-28-3)19(26)27-2/h5-8H,4,9-11H2,1-3H3,(H,24,25)/b21-17-/t20-/m1/s1. The number of esters is 1. The van der Waals surface area contributed by atoms with Crippen molar-refractivity contribution in [3.05, 3.63) is 35.5 Å². The number of aliphatic carboxylic acids is 1. The summed E-state index contributed by atoms with van der Waals surface area (Å²) in [7, 11) is 2.54. The predicted octanol–water partition coefficient (Wildman–Crippen LogP) is 2.72. The molecule has 148 valence electrons. The van der Waals surface area contributed by atoms with Gasteiger partial charge in [0.15, 0.2) is 5.71 Å². The Morgan fingerprint density at radius 1 is 1.29 bits per heavy atom. The van der Waals surface area contributed by atoms with Crippen molar-refractivity contribution in [2.24, 2.45) is 5.16 Å². The molecule has 0 radical (unpaired) electrons. The fourth-order valence-corrected chi connectivity index (χ4v) is 4.12. The summed E-state index contributed by atoms with van der Waals surface area (Å²) in [5, 5.41) is 14.1. The van der Waals surface area contributed by atoms with Gasteiger partial charge in [0.05, 0.1) is 19.0 Å². The number of rotatable bonds is 6. The number of aromatic nitrogens is 1. The molecule has 1 aromatic carbocycles. The van der Waals surface area contributed by atoms with Crippen molar-refractivity contribution in [1.29, 1.82) is 0 Å². The first-order valence-electron chi connectivity index (χ1n) is 8.99. The molecule has 2 aromatic rings. The van der Waals surface area contributed by atoms with Crippen LogP contribution in [-0.4, -0.2) is 47.5 Å². The number of carbonyl (C=O) groups is 3. The molecule has 8 nitrogen and oxygen atoms in total. The Bertz CT molecular complexity index is 990. The van der Waals surface area contributed by atoms with E-state index in [1.54, 1.807) is 24.3 Å². The largest absolute Gasteiger partial charge is 0.481 e. The molecule has 0 amide bonds. The molecular formula is C20H22N2O6. The third kappa shape index (κ3) is 2.94. The minimum atomic E-state index is -0.970. The van der Waals surface area contributed by atoms with E-state index >= 15 is 0 Å². The van der Waals surface area contributed by atoms with Crippen molar-refractivity contribution in [3.8, 4) is 0 Å². The number of hydrogen-bond donors (Lipinski definition) is 1. The molecule has 1 aliphatic heterocycles. The molecule has 0 bridgehead atoms. The molecule has 1 aliphatic rings. The summed E-state index contributed by atoms with van der Waals surface area (Å²) in [6, 6.07) is 7.12. The minimum Gasteiger partial charge on any atom is -0.481 e. The second kappa shape index (κ2) is 7.46. The molecule has 3 rings (SSSR count). The van der Waals surface area contributed by atoms with Crippen LogP contribution in [0, 0.1) is 0 Å². The quantitative estimate of drug-likeness (QED) is 0.465. The van der Waals surface area contributed by atoms with E-state index in [0.717, 1.165) is 0 Å². The molecule has 0 saturated carbocycles. The average Bonchev–Trinajstić information content (AvgIpc) is 3.04. The average molecular weight is 386 g/mol. The van der Waals surface area contributed by atoms with Crippen LogP contribution in [0.5, 0.6) is 0 Å². The highest BCUT2D eigenvalue weighted by atomic mass is 16.6. The zero-order valence-corrected chi connectivity index (χ0v) is 16.0. The van der Waals surface area contributed by atoms with Crippen molar-refractivity contribution >= 4 is 34.5 Å². The fraction of sp³-hybridized carbons (Fsp3) is 0.400. The Morgan fingerprint density at radius 3 is 2.61 bits per heavy atom. The zero-order valence-electron chi connectivity index (χ0n) is 16.0. The summed E-state index contributed by atoms with van der Waals surface area (Å²) >= 11 is 0. The molecule has 0 spiro atoms. The van der Waals surface area contributed by atoms with Crippen LogP contribution in [0.2, 0.25) is 0 Å².